The average Bonchev–Trinajstić information content (AvgIpc) is 3.34. The maximum atomic E-state index is 13.2. The molecule has 2 atom stereocenters. The summed E-state index contributed by atoms with van der Waals surface area (Å²) in [5, 5.41) is 6.21. The van der Waals surface area contributed by atoms with Crippen molar-refractivity contribution in [2.24, 2.45) is 0 Å². The Morgan fingerprint density at radius 2 is 1.77 bits per heavy atom. The number of amides is 1. The Bertz CT molecular complexity index is 1110. The van der Waals surface area contributed by atoms with E-state index in [0.29, 0.717) is 29.4 Å². The van der Waals surface area contributed by atoms with Crippen LogP contribution in [0.1, 0.15) is 45.2 Å². The lowest BCUT2D eigenvalue weighted by molar-refractivity contribution is -0.123. The Kier molecular flexibility index (Phi) is 8.63. The number of anilines is 1. The summed E-state index contributed by atoms with van der Waals surface area (Å²) in [6.07, 6.45) is 1.70. The molecule has 1 aliphatic heterocycles. The lowest BCUT2D eigenvalue weighted by atomic mass is 10.0. The zero-order valence-electron chi connectivity index (χ0n) is 20.9. The van der Waals surface area contributed by atoms with Gasteiger partial charge in [0.25, 0.3) is 0 Å². The molecule has 1 aliphatic rings. The standard InChI is InChI=1S/C25H35N3O6S/c1-25(2,3)28-24(29)23(17-8-13-21(32-4)22(15-17)33-5)27-18-9-11-20(12-10-18)35(30,31)26-16-19-7-6-14-34-19/h8-13,15,19,23,26-27H,6-7,14,16H2,1-5H3,(H,28,29)/t19-,23+/m0/s1. The number of nitrogens with one attached hydrogen (secondary N) is 3. The molecule has 0 unspecified atom stereocenters. The Labute approximate surface area is 207 Å². The van der Waals surface area contributed by atoms with Crippen molar-refractivity contribution < 1.29 is 27.4 Å². The maximum absolute atomic E-state index is 13.2. The molecule has 192 valence electrons. The molecule has 1 heterocycles. The van der Waals surface area contributed by atoms with E-state index in [2.05, 4.69) is 15.4 Å². The number of hydrogen-bond donors (Lipinski definition) is 3. The smallest absolute Gasteiger partial charge is 0.247 e. The van der Waals surface area contributed by atoms with Gasteiger partial charge in [0.05, 0.1) is 25.2 Å². The van der Waals surface area contributed by atoms with Crippen LogP contribution < -0.4 is 24.8 Å². The van der Waals surface area contributed by atoms with Crippen LogP contribution in [0.5, 0.6) is 11.5 Å². The van der Waals surface area contributed by atoms with Crippen molar-refractivity contribution in [2.75, 3.05) is 32.7 Å². The molecular formula is C25H35N3O6S. The highest BCUT2D eigenvalue weighted by Crippen LogP contribution is 2.32. The first-order valence-corrected chi connectivity index (χ1v) is 13.0. The van der Waals surface area contributed by atoms with Crippen molar-refractivity contribution >= 4 is 21.6 Å². The number of benzene rings is 2. The fourth-order valence-electron chi connectivity index (χ4n) is 3.76. The zero-order chi connectivity index (χ0) is 25.6. The molecule has 0 spiro atoms. The van der Waals surface area contributed by atoms with Gasteiger partial charge in [-0.3, -0.25) is 4.79 Å². The number of sulfonamides is 1. The quantitative estimate of drug-likeness (QED) is 0.454. The van der Waals surface area contributed by atoms with E-state index in [1.54, 1.807) is 37.4 Å². The van der Waals surface area contributed by atoms with Gasteiger partial charge >= 0.3 is 0 Å². The van der Waals surface area contributed by atoms with Crippen LogP contribution in [0.25, 0.3) is 0 Å². The first-order chi connectivity index (χ1) is 16.5. The normalized spacial score (nSPS) is 17.0. The highest BCUT2D eigenvalue weighted by Gasteiger charge is 2.26. The summed E-state index contributed by atoms with van der Waals surface area (Å²) in [6.45, 7) is 6.62. The molecule has 1 amide bonds. The van der Waals surface area contributed by atoms with E-state index in [-0.39, 0.29) is 23.5 Å². The summed E-state index contributed by atoms with van der Waals surface area (Å²) in [7, 11) is -0.590. The molecule has 3 N–H and O–H groups in total. The summed E-state index contributed by atoms with van der Waals surface area (Å²) >= 11 is 0. The number of hydrogen-bond acceptors (Lipinski definition) is 7. The number of rotatable bonds is 10. The number of ether oxygens (including phenoxy) is 3. The third-order valence-electron chi connectivity index (χ3n) is 5.50. The van der Waals surface area contributed by atoms with Gasteiger partial charge in [0, 0.05) is 24.4 Å². The van der Waals surface area contributed by atoms with E-state index in [0.717, 1.165) is 12.8 Å². The van der Waals surface area contributed by atoms with E-state index >= 15 is 0 Å². The van der Waals surface area contributed by atoms with Crippen LogP contribution in [0.4, 0.5) is 5.69 Å². The van der Waals surface area contributed by atoms with Crippen molar-refractivity contribution in [2.45, 2.75) is 56.2 Å². The fraction of sp³-hybridized carbons (Fsp3) is 0.480. The third-order valence-corrected chi connectivity index (χ3v) is 6.94. The zero-order valence-corrected chi connectivity index (χ0v) is 21.7. The van der Waals surface area contributed by atoms with Crippen LogP contribution in [0.2, 0.25) is 0 Å². The molecule has 35 heavy (non-hydrogen) atoms. The second-order valence-electron chi connectivity index (χ2n) is 9.44. The van der Waals surface area contributed by atoms with Crippen LogP contribution in [0.3, 0.4) is 0 Å². The first-order valence-electron chi connectivity index (χ1n) is 11.5. The van der Waals surface area contributed by atoms with Crippen molar-refractivity contribution in [3.8, 4) is 11.5 Å². The van der Waals surface area contributed by atoms with Gasteiger partial charge in [-0.15, -0.1) is 0 Å². The third kappa shape index (κ3) is 7.33. The van der Waals surface area contributed by atoms with Crippen LogP contribution in [-0.2, 0) is 19.6 Å². The van der Waals surface area contributed by atoms with Crippen LogP contribution in [0.15, 0.2) is 47.4 Å². The number of methoxy groups -OCH3 is 2. The Morgan fingerprint density at radius 1 is 1.09 bits per heavy atom. The first kappa shape index (κ1) is 26.8. The number of carbonyl (C=O) groups is 1. The molecule has 1 fully saturated rings. The summed E-state index contributed by atoms with van der Waals surface area (Å²) in [4.78, 5) is 13.3. The minimum absolute atomic E-state index is 0.0886. The SMILES string of the molecule is COc1ccc([C@@H](Nc2ccc(S(=O)(=O)NC[C@@H]3CCCO3)cc2)C(=O)NC(C)(C)C)cc1OC. The lowest BCUT2D eigenvalue weighted by Gasteiger charge is -2.27. The topological polar surface area (TPSA) is 115 Å². The van der Waals surface area contributed by atoms with Crippen molar-refractivity contribution in [3.63, 3.8) is 0 Å². The Balaban J connectivity index is 1.81. The predicted molar refractivity (Wildman–Crippen MR) is 134 cm³/mol. The van der Waals surface area contributed by atoms with Gasteiger partial charge in [-0.25, -0.2) is 13.1 Å². The molecule has 0 aliphatic carbocycles. The summed E-state index contributed by atoms with van der Waals surface area (Å²) in [6, 6.07) is 10.8. The van der Waals surface area contributed by atoms with Crippen molar-refractivity contribution in [1.82, 2.24) is 10.0 Å². The van der Waals surface area contributed by atoms with Gasteiger partial charge in [-0.2, -0.15) is 0 Å². The Morgan fingerprint density at radius 3 is 2.34 bits per heavy atom. The minimum Gasteiger partial charge on any atom is -0.493 e. The predicted octanol–water partition coefficient (Wildman–Crippen LogP) is 3.23. The monoisotopic (exact) mass is 505 g/mol. The summed E-state index contributed by atoms with van der Waals surface area (Å²) in [5.74, 6) is 0.815. The van der Waals surface area contributed by atoms with Crippen LogP contribution in [0, 0.1) is 0 Å². The van der Waals surface area contributed by atoms with E-state index in [1.165, 1.54) is 19.2 Å². The molecule has 1 saturated heterocycles. The minimum atomic E-state index is -3.67. The van der Waals surface area contributed by atoms with E-state index in [9.17, 15) is 13.2 Å². The van der Waals surface area contributed by atoms with Gasteiger partial charge < -0.3 is 24.8 Å². The highest BCUT2D eigenvalue weighted by molar-refractivity contribution is 7.89. The van der Waals surface area contributed by atoms with Gasteiger partial charge in [0.15, 0.2) is 11.5 Å². The molecular weight excluding hydrogens is 470 g/mol. The fourth-order valence-corrected chi connectivity index (χ4v) is 4.83. The maximum Gasteiger partial charge on any atom is 0.247 e. The summed E-state index contributed by atoms with van der Waals surface area (Å²) in [5.41, 5.74) is 0.812. The second kappa shape index (κ2) is 11.3. The van der Waals surface area contributed by atoms with E-state index in [4.69, 9.17) is 14.2 Å². The molecule has 2 aromatic rings. The Hall–Kier alpha value is -2.82. The largest absolute Gasteiger partial charge is 0.493 e. The average molecular weight is 506 g/mol. The second-order valence-corrected chi connectivity index (χ2v) is 11.2. The van der Waals surface area contributed by atoms with Gasteiger partial charge in [0.2, 0.25) is 15.9 Å². The molecule has 0 saturated carbocycles. The van der Waals surface area contributed by atoms with Crippen molar-refractivity contribution in [3.05, 3.63) is 48.0 Å². The van der Waals surface area contributed by atoms with Gasteiger partial charge in [-0.1, -0.05) is 6.07 Å². The van der Waals surface area contributed by atoms with Gasteiger partial charge in [-0.05, 0) is 75.6 Å². The molecule has 3 rings (SSSR count). The number of carbonyl (C=O) groups excluding carboxylic acids is 1. The summed E-state index contributed by atoms with van der Waals surface area (Å²) < 4.78 is 44.1. The molecule has 0 radical (unpaired) electrons. The highest BCUT2D eigenvalue weighted by atomic mass is 32.2. The van der Waals surface area contributed by atoms with Crippen LogP contribution >= 0.6 is 0 Å². The van der Waals surface area contributed by atoms with Crippen LogP contribution in [-0.4, -0.2) is 53.3 Å². The molecule has 0 bridgehead atoms. The molecule has 2 aromatic carbocycles. The molecule has 10 heteroatoms. The van der Waals surface area contributed by atoms with Gasteiger partial charge in [0.1, 0.15) is 6.04 Å². The molecule has 0 aromatic heterocycles. The molecule has 9 nitrogen and oxygen atoms in total. The van der Waals surface area contributed by atoms with E-state index < -0.39 is 21.6 Å². The lowest BCUT2D eigenvalue weighted by Crippen LogP contribution is -2.44. The van der Waals surface area contributed by atoms with Crippen molar-refractivity contribution in [1.29, 1.82) is 0 Å². The van der Waals surface area contributed by atoms with E-state index in [1.807, 2.05) is 20.8 Å².